The van der Waals surface area contributed by atoms with Crippen molar-refractivity contribution >= 4 is 37.7 Å². The summed E-state index contributed by atoms with van der Waals surface area (Å²) in [5.41, 5.74) is 0. The van der Waals surface area contributed by atoms with Gasteiger partial charge in [-0.25, -0.2) is 0 Å². The summed E-state index contributed by atoms with van der Waals surface area (Å²) < 4.78 is 0. The van der Waals surface area contributed by atoms with Crippen LogP contribution in [0.4, 0.5) is 0 Å². The Morgan fingerprint density at radius 3 is 0.591 bits per heavy atom. The van der Waals surface area contributed by atoms with Crippen LogP contribution in [0.2, 0.25) is 0 Å². The van der Waals surface area contributed by atoms with Crippen LogP contribution in [0, 0.1) is 0 Å². The first-order chi connectivity index (χ1) is 10.4. The van der Waals surface area contributed by atoms with E-state index in [0.29, 0.717) is 0 Å². The Labute approximate surface area is 175 Å². The van der Waals surface area contributed by atoms with Gasteiger partial charge in [-0.2, -0.15) is 0 Å². The van der Waals surface area contributed by atoms with Gasteiger partial charge in [0.1, 0.15) is 0 Å². The quantitative estimate of drug-likeness (QED) is 0.174. The molecule has 0 atom stereocenters. The molecule has 1 heteroatoms. The van der Waals surface area contributed by atoms with Crippen molar-refractivity contribution in [1.29, 1.82) is 0 Å². The molecule has 0 aromatic heterocycles. The molecule has 132 valence electrons. The average molecular weight is 339 g/mol. The van der Waals surface area contributed by atoms with E-state index in [-0.39, 0.29) is 40.6 Å². The molecule has 0 saturated heterocycles. The number of unbranched alkanes of at least 4 members (excludes halogenated alkanes) is 18. The van der Waals surface area contributed by atoms with Gasteiger partial charge in [-0.1, -0.05) is 136 Å². The molecule has 0 unspecified atom stereocenters. The molecule has 0 heterocycles. The van der Waals surface area contributed by atoms with Gasteiger partial charge in [0.2, 0.25) is 0 Å². The van der Waals surface area contributed by atoms with Gasteiger partial charge in [-0.3, -0.25) is 0 Å². The SMILES string of the molecule is CCCCCCCCCCCCCCCCCCCCC.[Ca+2].[H-].[H-]. The molecule has 0 amide bonds. The van der Waals surface area contributed by atoms with Gasteiger partial charge in [0, 0.05) is 0 Å². The second kappa shape index (κ2) is 24.5. The molecule has 0 nitrogen and oxygen atoms in total. The zero-order chi connectivity index (χ0) is 15.4. The Morgan fingerprint density at radius 2 is 0.455 bits per heavy atom. The van der Waals surface area contributed by atoms with Crippen molar-refractivity contribution in [2.45, 2.75) is 136 Å². The van der Waals surface area contributed by atoms with Gasteiger partial charge in [0.15, 0.2) is 0 Å². The molecule has 0 aliphatic rings. The van der Waals surface area contributed by atoms with Gasteiger partial charge in [-0.05, 0) is 0 Å². The van der Waals surface area contributed by atoms with E-state index in [9.17, 15) is 0 Å². The summed E-state index contributed by atoms with van der Waals surface area (Å²) in [6.45, 7) is 4.60. The van der Waals surface area contributed by atoms with Crippen molar-refractivity contribution < 1.29 is 2.85 Å². The standard InChI is InChI=1S/C21H44.Ca.2H/c1-3-5-7-9-11-13-15-17-19-21-20-18-16-14-12-10-8-6-4-2;;;/h3-21H2,1-2H3;;;/q;+2;2*-1. The number of hydrogen-bond donors (Lipinski definition) is 0. The first-order valence-corrected chi connectivity index (χ1v) is 10.4. The van der Waals surface area contributed by atoms with Crippen LogP contribution in [0.25, 0.3) is 0 Å². The van der Waals surface area contributed by atoms with E-state index in [0.717, 1.165) is 0 Å². The molecule has 0 spiro atoms. The van der Waals surface area contributed by atoms with Gasteiger partial charge >= 0.3 is 37.7 Å². The molecular formula is C21H46Ca. The number of hydrogen-bond acceptors (Lipinski definition) is 0. The van der Waals surface area contributed by atoms with Gasteiger partial charge in [0.25, 0.3) is 0 Å². The van der Waals surface area contributed by atoms with Crippen LogP contribution in [0.15, 0.2) is 0 Å². The first-order valence-electron chi connectivity index (χ1n) is 10.4. The maximum Gasteiger partial charge on any atom is 2.00 e. The molecule has 0 radical (unpaired) electrons. The molecule has 0 rings (SSSR count). The fourth-order valence-electron chi connectivity index (χ4n) is 3.15. The summed E-state index contributed by atoms with van der Waals surface area (Å²) in [6, 6.07) is 0. The Kier molecular flexibility index (Phi) is 28.4. The molecule has 0 fully saturated rings. The van der Waals surface area contributed by atoms with Crippen LogP contribution in [0.5, 0.6) is 0 Å². The molecule has 0 N–H and O–H groups in total. The minimum atomic E-state index is 0. The summed E-state index contributed by atoms with van der Waals surface area (Å²) in [5.74, 6) is 0. The maximum atomic E-state index is 2.30. The Balaban J connectivity index is -0.000000667. The normalized spacial score (nSPS) is 10.6. The fraction of sp³-hybridized carbons (Fsp3) is 1.00. The van der Waals surface area contributed by atoms with E-state index in [2.05, 4.69) is 13.8 Å². The van der Waals surface area contributed by atoms with Gasteiger partial charge in [-0.15, -0.1) is 0 Å². The van der Waals surface area contributed by atoms with E-state index in [1.54, 1.807) is 0 Å². The molecule has 0 aromatic carbocycles. The van der Waals surface area contributed by atoms with E-state index < -0.39 is 0 Å². The number of rotatable bonds is 18. The summed E-state index contributed by atoms with van der Waals surface area (Å²) in [6.07, 6.45) is 27.9. The van der Waals surface area contributed by atoms with E-state index in [1.165, 1.54) is 122 Å². The fourth-order valence-corrected chi connectivity index (χ4v) is 3.15. The molecule has 0 aromatic rings. The molecule has 0 saturated carbocycles. The van der Waals surface area contributed by atoms with Crippen molar-refractivity contribution in [3.63, 3.8) is 0 Å². The predicted octanol–water partition coefficient (Wildman–Crippen LogP) is 8.28. The summed E-state index contributed by atoms with van der Waals surface area (Å²) in [4.78, 5) is 0. The Bertz CT molecular complexity index is 159. The van der Waals surface area contributed by atoms with Crippen molar-refractivity contribution in [3.05, 3.63) is 0 Å². The smallest absolute Gasteiger partial charge is 1.00 e. The van der Waals surface area contributed by atoms with Crippen molar-refractivity contribution in [2.75, 3.05) is 0 Å². The van der Waals surface area contributed by atoms with Crippen molar-refractivity contribution in [2.24, 2.45) is 0 Å². The second-order valence-corrected chi connectivity index (χ2v) is 7.01. The zero-order valence-corrected chi connectivity index (χ0v) is 18.4. The summed E-state index contributed by atoms with van der Waals surface area (Å²) in [7, 11) is 0. The summed E-state index contributed by atoms with van der Waals surface area (Å²) in [5, 5.41) is 0. The van der Waals surface area contributed by atoms with E-state index >= 15 is 0 Å². The molecule has 0 aliphatic heterocycles. The summed E-state index contributed by atoms with van der Waals surface area (Å²) >= 11 is 0. The third kappa shape index (κ3) is 23.5. The van der Waals surface area contributed by atoms with E-state index in [1.807, 2.05) is 0 Å². The first kappa shape index (κ1) is 25.5. The molecular weight excluding hydrogens is 292 g/mol. The monoisotopic (exact) mass is 338 g/mol. The Hall–Kier alpha value is 1.26. The van der Waals surface area contributed by atoms with Crippen LogP contribution in [-0.4, -0.2) is 37.7 Å². The topological polar surface area (TPSA) is 0 Å². The van der Waals surface area contributed by atoms with Crippen LogP contribution in [0.1, 0.15) is 139 Å². The van der Waals surface area contributed by atoms with Gasteiger partial charge in [0.05, 0.1) is 0 Å². The second-order valence-electron chi connectivity index (χ2n) is 7.01. The molecule has 0 bridgehead atoms. The third-order valence-electron chi connectivity index (χ3n) is 4.71. The van der Waals surface area contributed by atoms with Crippen molar-refractivity contribution in [1.82, 2.24) is 0 Å². The van der Waals surface area contributed by atoms with Crippen LogP contribution < -0.4 is 0 Å². The predicted molar refractivity (Wildman–Crippen MR) is 107 cm³/mol. The van der Waals surface area contributed by atoms with Crippen LogP contribution >= 0.6 is 0 Å². The maximum absolute atomic E-state index is 2.30. The minimum absolute atomic E-state index is 0. The third-order valence-corrected chi connectivity index (χ3v) is 4.71. The minimum Gasteiger partial charge on any atom is -1.00 e. The zero-order valence-electron chi connectivity index (χ0n) is 18.1. The van der Waals surface area contributed by atoms with Crippen LogP contribution in [0.3, 0.4) is 0 Å². The van der Waals surface area contributed by atoms with E-state index in [4.69, 9.17) is 0 Å². The average Bonchev–Trinajstić information content (AvgIpc) is 2.50. The van der Waals surface area contributed by atoms with Crippen LogP contribution in [-0.2, 0) is 0 Å². The largest absolute Gasteiger partial charge is 2.00 e. The van der Waals surface area contributed by atoms with Crippen molar-refractivity contribution in [3.8, 4) is 0 Å². The van der Waals surface area contributed by atoms with Gasteiger partial charge < -0.3 is 2.85 Å². The molecule has 22 heavy (non-hydrogen) atoms. The Morgan fingerprint density at radius 1 is 0.318 bits per heavy atom. The molecule has 0 aliphatic carbocycles.